The van der Waals surface area contributed by atoms with Gasteiger partial charge in [-0.25, -0.2) is 4.79 Å². The van der Waals surface area contributed by atoms with Crippen LogP contribution in [0.4, 0.5) is 4.79 Å². The third-order valence-electron chi connectivity index (χ3n) is 4.91. The van der Waals surface area contributed by atoms with Gasteiger partial charge in [0.2, 0.25) is 0 Å². The zero-order valence-corrected chi connectivity index (χ0v) is 16.4. The number of nitriles is 1. The largest absolute Gasteiger partial charge is 0.450 e. The van der Waals surface area contributed by atoms with E-state index in [0.717, 1.165) is 16.8 Å². The molecule has 0 spiro atoms. The maximum absolute atomic E-state index is 13.2. The summed E-state index contributed by atoms with van der Waals surface area (Å²) in [6.45, 7) is 7.73. The van der Waals surface area contributed by atoms with Crippen LogP contribution >= 0.6 is 0 Å². The summed E-state index contributed by atoms with van der Waals surface area (Å²) in [5.41, 5.74) is 3.75. The van der Waals surface area contributed by atoms with Gasteiger partial charge in [-0.1, -0.05) is 17.7 Å². The number of carbonyl (C=O) groups excluding carboxylic acids is 2. The Morgan fingerprint density at radius 1 is 1.11 bits per heavy atom. The first kappa shape index (κ1) is 19.5. The number of aromatic nitrogens is 1. The van der Waals surface area contributed by atoms with E-state index in [1.165, 1.54) is 0 Å². The van der Waals surface area contributed by atoms with Crippen LogP contribution in [-0.2, 0) is 4.74 Å². The monoisotopic (exact) mass is 380 g/mol. The average molecular weight is 380 g/mol. The van der Waals surface area contributed by atoms with Crippen LogP contribution in [0.3, 0.4) is 0 Å². The molecule has 1 aliphatic heterocycles. The SMILES string of the molecule is CCOC(=O)N1CCN(C(=O)c2c(C#N)ccn2-c2ccc(C)cc2C)CC1. The lowest BCUT2D eigenvalue weighted by Crippen LogP contribution is -2.51. The summed E-state index contributed by atoms with van der Waals surface area (Å²) in [5, 5.41) is 9.51. The average Bonchev–Trinajstić information content (AvgIpc) is 3.11. The molecule has 28 heavy (non-hydrogen) atoms. The van der Waals surface area contributed by atoms with Crippen molar-refractivity contribution in [3.8, 4) is 11.8 Å². The molecule has 146 valence electrons. The molecule has 0 N–H and O–H groups in total. The van der Waals surface area contributed by atoms with E-state index in [1.807, 2.05) is 32.0 Å². The minimum atomic E-state index is -0.356. The maximum Gasteiger partial charge on any atom is 0.409 e. The highest BCUT2D eigenvalue weighted by Gasteiger charge is 2.29. The highest BCUT2D eigenvalue weighted by atomic mass is 16.6. The molecule has 1 fully saturated rings. The van der Waals surface area contributed by atoms with Gasteiger partial charge in [0.05, 0.1) is 12.2 Å². The van der Waals surface area contributed by atoms with Gasteiger partial charge in [-0.05, 0) is 38.5 Å². The van der Waals surface area contributed by atoms with Crippen molar-refractivity contribution in [3.05, 3.63) is 52.8 Å². The third kappa shape index (κ3) is 3.72. The molecule has 2 aromatic rings. The van der Waals surface area contributed by atoms with Crippen molar-refractivity contribution in [1.82, 2.24) is 14.4 Å². The Balaban J connectivity index is 1.86. The minimum Gasteiger partial charge on any atom is -0.450 e. The van der Waals surface area contributed by atoms with E-state index in [-0.39, 0.29) is 12.0 Å². The molecule has 0 saturated carbocycles. The number of benzene rings is 1. The van der Waals surface area contributed by atoms with Gasteiger partial charge < -0.3 is 19.1 Å². The molecule has 7 nitrogen and oxygen atoms in total. The number of carbonyl (C=O) groups is 2. The van der Waals surface area contributed by atoms with Crippen LogP contribution in [0.15, 0.2) is 30.5 Å². The van der Waals surface area contributed by atoms with Gasteiger partial charge in [0.25, 0.3) is 5.91 Å². The van der Waals surface area contributed by atoms with Crippen molar-refractivity contribution < 1.29 is 14.3 Å². The second kappa shape index (κ2) is 8.17. The van der Waals surface area contributed by atoms with E-state index in [2.05, 4.69) is 6.07 Å². The summed E-state index contributed by atoms with van der Waals surface area (Å²) in [6.07, 6.45) is 1.41. The summed E-state index contributed by atoms with van der Waals surface area (Å²) >= 11 is 0. The molecule has 1 aromatic heterocycles. The van der Waals surface area contributed by atoms with Gasteiger partial charge in [0.1, 0.15) is 11.8 Å². The molecule has 3 rings (SSSR count). The van der Waals surface area contributed by atoms with Gasteiger partial charge in [-0.2, -0.15) is 5.26 Å². The highest BCUT2D eigenvalue weighted by molar-refractivity contribution is 5.96. The lowest BCUT2D eigenvalue weighted by atomic mass is 10.1. The predicted octanol–water partition coefficient (Wildman–Crippen LogP) is 2.88. The summed E-state index contributed by atoms with van der Waals surface area (Å²) < 4.78 is 6.81. The summed E-state index contributed by atoms with van der Waals surface area (Å²) in [5.74, 6) is -0.204. The number of aryl methyl sites for hydroxylation is 2. The Labute approximate surface area is 164 Å². The fourth-order valence-corrected chi connectivity index (χ4v) is 3.47. The van der Waals surface area contributed by atoms with Gasteiger partial charge in [0, 0.05) is 38.1 Å². The van der Waals surface area contributed by atoms with Gasteiger partial charge in [-0.3, -0.25) is 4.79 Å². The molecule has 2 amide bonds. The van der Waals surface area contributed by atoms with E-state index < -0.39 is 0 Å². The number of nitrogens with zero attached hydrogens (tertiary/aromatic N) is 4. The topological polar surface area (TPSA) is 78.6 Å². The molecule has 2 heterocycles. The van der Waals surface area contributed by atoms with Crippen molar-refractivity contribution in [2.24, 2.45) is 0 Å². The molecule has 0 unspecified atom stereocenters. The summed E-state index contributed by atoms with van der Waals surface area (Å²) in [7, 11) is 0. The predicted molar refractivity (Wildman–Crippen MR) is 104 cm³/mol. The maximum atomic E-state index is 13.2. The van der Waals surface area contributed by atoms with Gasteiger partial charge >= 0.3 is 6.09 Å². The van der Waals surface area contributed by atoms with Crippen molar-refractivity contribution >= 4 is 12.0 Å². The van der Waals surface area contributed by atoms with E-state index >= 15 is 0 Å². The zero-order valence-electron chi connectivity index (χ0n) is 16.4. The summed E-state index contributed by atoms with van der Waals surface area (Å²) in [4.78, 5) is 28.4. The third-order valence-corrected chi connectivity index (χ3v) is 4.91. The van der Waals surface area contributed by atoms with Crippen LogP contribution < -0.4 is 0 Å². The number of hydrogen-bond donors (Lipinski definition) is 0. The molecular weight excluding hydrogens is 356 g/mol. The lowest BCUT2D eigenvalue weighted by molar-refractivity contribution is 0.0564. The van der Waals surface area contributed by atoms with Crippen molar-refractivity contribution in [3.63, 3.8) is 0 Å². The first-order valence-electron chi connectivity index (χ1n) is 9.36. The second-order valence-electron chi connectivity index (χ2n) is 6.83. The Morgan fingerprint density at radius 3 is 2.39 bits per heavy atom. The van der Waals surface area contributed by atoms with E-state index in [1.54, 1.807) is 33.6 Å². The molecule has 1 aliphatic rings. The second-order valence-corrected chi connectivity index (χ2v) is 6.83. The lowest BCUT2D eigenvalue weighted by Gasteiger charge is -2.34. The van der Waals surface area contributed by atoms with Crippen LogP contribution in [0.2, 0.25) is 0 Å². The fraction of sp³-hybridized carbons (Fsp3) is 0.381. The molecule has 1 saturated heterocycles. The normalized spacial score (nSPS) is 13.9. The van der Waals surface area contributed by atoms with Crippen LogP contribution in [-0.4, -0.2) is 59.2 Å². The molecule has 0 atom stereocenters. The van der Waals surface area contributed by atoms with Crippen LogP contribution in [0, 0.1) is 25.2 Å². The molecule has 0 aliphatic carbocycles. The fourth-order valence-electron chi connectivity index (χ4n) is 3.47. The number of rotatable bonds is 3. The standard InChI is InChI=1S/C21H24N4O3/c1-4-28-21(27)24-11-9-23(10-12-24)20(26)19-17(14-22)7-8-25(19)18-6-5-15(2)13-16(18)3/h5-8,13H,4,9-12H2,1-3H3. The molecule has 7 heteroatoms. The zero-order chi connectivity index (χ0) is 20.3. The Bertz CT molecular complexity index is 934. The van der Waals surface area contributed by atoms with Gasteiger partial charge in [0.15, 0.2) is 0 Å². The van der Waals surface area contributed by atoms with Gasteiger partial charge in [-0.15, -0.1) is 0 Å². The number of piperazine rings is 1. The smallest absolute Gasteiger partial charge is 0.409 e. The van der Waals surface area contributed by atoms with Crippen LogP contribution in [0.25, 0.3) is 5.69 Å². The quantitative estimate of drug-likeness (QED) is 0.820. The Kier molecular flexibility index (Phi) is 5.69. The minimum absolute atomic E-state index is 0.204. The first-order chi connectivity index (χ1) is 13.5. The van der Waals surface area contributed by atoms with E-state index in [0.29, 0.717) is 44.0 Å². The van der Waals surface area contributed by atoms with E-state index in [9.17, 15) is 14.9 Å². The Hall–Kier alpha value is -3.27. The van der Waals surface area contributed by atoms with Crippen molar-refractivity contribution in [2.75, 3.05) is 32.8 Å². The van der Waals surface area contributed by atoms with Crippen molar-refractivity contribution in [2.45, 2.75) is 20.8 Å². The summed E-state index contributed by atoms with van der Waals surface area (Å²) in [6, 6.07) is 9.79. The van der Waals surface area contributed by atoms with Crippen LogP contribution in [0.5, 0.6) is 0 Å². The Morgan fingerprint density at radius 2 is 1.79 bits per heavy atom. The van der Waals surface area contributed by atoms with Crippen LogP contribution in [0.1, 0.15) is 34.1 Å². The number of amides is 2. The molecular formula is C21H24N4O3. The van der Waals surface area contributed by atoms with Crippen molar-refractivity contribution in [1.29, 1.82) is 5.26 Å². The molecule has 0 radical (unpaired) electrons. The number of hydrogen-bond acceptors (Lipinski definition) is 4. The van der Waals surface area contributed by atoms with E-state index in [4.69, 9.17) is 4.74 Å². The molecule has 0 bridgehead atoms. The highest BCUT2D eigenvalue weighted by Crippen LogP contribution is 2.23. The number of ether oxygens (including phenoxy) is 1. The molecule has 1 aromatic carbocycles. The first-order valence-corrected chi connectivity index (χ1v) is 9.36.